The lowest BCUT2D eigenvalue weighted by Gasteiger charge is -2.32. The number of hydrogen-bond donors (Lipinski definition) is 1. The van der Waals surface area contributed by atoms with Crippen molar-refractivity contribution in [2.24, 2.45) is 5.14 Å². The maximum absolute atomic E-state index is 12.9. The number of nitrogens with zero attached hydrogens (tertiary/aromatic N) is 2. The molecule has 0 spiro atoms. The van der Waals surface area contributed by atoms with Gasteiger partial charge in [-0.2, -0.15) is 4.98 Å². The average molecular weight is 355 g/mol. The highest BCUT2D eigenvalue weighted by molar-refractivity contribution is 7.89. The Kier molecular flexibility index (Phi) is 3.30. The summed E-state index contributed by atoms with van der Waals surface area (Å²) in [6, 6.07) is 6.37. The van der Waals surface area contributed by atoms with E-state index in [1.165, 1.54) is 12.1 Å². The minimum Gasteiger partial charge on any atom is -0.339 e. The SMILES string of the molecule is NS(=O)(=O)c1ccc([C@@H]2C[C@H]2c2nc(C3CC(F)(F)C3)no2)cc1. The molecule has 2 N–H and O–H groups in total. The Balaban J connectivity index is 1.44. The van der Waals surface area contributed by atoms with Crippen LogP contribution in [0.3, 0.4) is 0 Å². The third kappa shape index (κ3) is 2.82. The Morgan fingerprint density at radius 1 is 1.17 bits per heavy atom. The largest absolute Gasteiger partial charge is 0.339 e. The third-order valence-corrected chi connectivity index (χ3v) is 5.59. The van der Waals surface area contributed by atoms with E-state index in [4.69, 9.17) is 9.66 Å². The molecule has 0 bridgehead atoms. The summed E-state index contributed by atoms with van der Waals surface area (Å²) in [5.41, 5.74) is 0.960. The zero-order valence-corrected chi connectivity index (χ0v) is 13.3. The van der Waals surface area contributed by atoms with Crippen molar-refractivity contribution >= 4 is 10.0 Å². The van der Waals surface area contributed by atoms with Crippen molar-refractivity contribution in [3.63, 3.8) is 0 Å². The molecular formula is C15H15F2N3O3S. The topological polar surface area (TPSA) is 99.1 Å². The highest BCUT2D eigenvalue weighted by Crippen LogP contribution is 2.55. The van der Waals surface area contributed by atoms with Crippen LogP contribution in [0.4, 0.5) is 8.78 Å². The minimum absolute atomic E-state index is 0.0483. The molecule has 2 saturated carbocycles. The van der Waals surface area contributed by atoms with E-state index in [9.17, 15) is 17.2 Å². The highest BCUT2D eigenvalue weighted by Gasteiger charge is 2.49. The number of nitrogens with two attached hydrogens (primary N) is 1. The van der Waals surface area contributed by atoms with E-state index in [0.717, 1.165) is 12.0 Å². The van der Waals surface area contributed by atoms with Gasteiger partial charge in [0.15, 0.2) is 5.82 Å². The van der Waals surface area contributed by atoms with Crippen molar-refractivity contribution in [2.75, 3.05) is 0 Å². The molecule has 0 radical (unpaired) electrons. The normalized spacial score (nSPS) is 26.1. The molecule has 6 nitrogen and oxygen atoms in total. The lowest BCUT2D eigenvalue weighted by molar-refractivity contribution is -0.0888. The van der Waals surface area contributed by atoms with Crippen LogP contribution in [-0.2, 0) is 10.0 Å². The molecule has 9 heteroatoms. The molecule has 1 heterocycles. The van der Waals surface area contributed by atoms with Crippen LogP contribution in [0.5, 0.6) is 0 Å². The second-order valence-electron chi connectivity index (χ2n) is 6.51. The highest BCUT2D eigenvalue weighted by atomic mass is 32.2. The smallest absolute Gasteiger partial charge is 0.249 e. The lowest BCUT2D eigenvalue weighted by Crippen LogP contribution is -2.34. The molecule has 2 aliphatic carbocycles. The van der Waals surface area contributed by atoms with Gasteiger partial charge in [-0.15, -0.1) is 0 Å². The summed E-state index contributed by atoms with van der Waals surface area (Å²) in [5, 5.41) is 8.90. The van der Waals surface area contributed by atoms with E-state index in [1.807, 2.05) is 0 Å². The quantitative estimate of drug-likeness (QED) is 0.908. The number of rotatable bonds is 4. The first kappa shape index (κ1) is 15.6. The maximum Gasteiger partial charge on any atom is 0.249 e. The number of sulfonamides is 1. The summed E-state index contributed by atoms with van der Waals surface area (Å²) in [6.07, 6.45) is 0.349. The molecule has 1 aromatic carbocycles. The zero-order chi connectivity index (χ0) is 17.1. The second-order valence-corrected chi connectivity index (χ2v) is 8.08. The van der Waals surface area contributed by atoms with Crippen LogP contribution < -0.4 is 5.14 Å². The summed E-state index contributed by atoms with van der Waals surface area (Å²) in [5.74, 6) is -1.92. The fourth-order valence-electron chi connectivity index (χ4n) is 3.15. The third-order valence-electron chi connectivity index (χ3n) is 4.66. The molecule has 2 fully saturated rings. The Hall–Kier alpha value is -1.87. The number of aromatic nitrogens is 2. The molecule has 2 atom stereocenters. The van der Waals surface area contributed by atoms with Crippen LogP contribution in [0.15, 0.2) is 33.7 Å². The number of primary sulfonamides is 1. The molecule has 2 aromatic rings. The number of hydrogen-bond acceptors (Lipinski definition) is 5. The molecule has 1 aromatic heterocycles. The summed E-state index contributed by atoms with van der Waals surface area (Å²) in [4.78, 5) is 4.33. The van der Waals surface area contributed by atoms with E-state index in [-0.39, 0.29) is 35.5 Å². The van der Waals surface area contributed by atoms with Gasteiger partial charge in [0, 0.05) is 24.7 Å². The molecular weight excluding hydrogens is 340 g/mol. The molecule has 0 saturated heterocycles. The van der Waals surface area contributed by atoms with Crippen LogP contribution in [0.2, 0.25) is 0 Å². The van der Waals surface area contributed by atoms with Gasteiger partial charge in [0.1, 0.15) is 0 Å². The summed E-state index contributed by atoms with van der Waals surface area (Å²) in [6.45, 7) is 0. The summed E-state index contributed by atoms with van der Waals surface area (Å²) >= 11 is 0. The van der Waals surface area contributed by atoms with Gasteiger partial charge in [0.05, 0.1) is 4.90 Å². The number of benzene rings is 1. The van der Waals surface area contributed by atoms with Gasteiger partial charge in [-0.1, -0.05) is 17.3 Å². The van der Waals surface area contributed by atoms with Crippen molar-refractivity contribution in [1.29, 1.82) is 0 Å². The van der Waals surface area contributed by atoms with Gasteiger partial charge in [0.25, 0.3) is 0 Å². The predicted octanol–water partition coefficient (Wildman–Crippen LogP) is 2.50. The van der Waals surface area contributed by atoms with Crippen molar-refractivity contribution in [3.8, 4) is 0 Å². The molecule has 2 aliphatic rings. The first-order chi connectivity index (χ1) is 11.2. The van der Waals surface area contributed by atoms with Gasteiger partial charge >= 0.3 is 0 Å². The Morgan fingerprint density at radius 2 is 1.83 bits per heavy atom. The molecule has 0 unspecified atom stereocenters. The number of halogens is 2. The first-order valence-corrected chi connectivity index (χ1v) is 9.12. The van der Waals surface area contributed by atoms with Crippen LogP contribution in [0.1, 0.15) is 54.3 Å². The van der Waals surface area contributed by atoms with Gasteiger partial charge < -0.3 is 4.52 Å². The van der Waals surface area contributed by atoms with E-state index in [2.05, 4.69) is 10.1 Å². The van der Waals surface area contributed by atoms with Crippen LogP contribution in [0, 0.1) is 0 Å². The number of alkyl halides is 2. The van der Waals surface area contributed by atoms with E-state index >= 15 is 0 Å². The first-order valence-electron chi connectivity index (χ1n) is 7.57. The standard InChI is InChI=1S/C15H15F2N3O3S/c16-15(17)6-9(7-15)13-19-14(23-20-13)12-5-11(12)8-1-3-10(4-2-8)24(18,21)22/h1-4,9,11-12H,5-7H2,(H2,18,21,22)/t11-,12+/m0/s1. The summed E-state index contributed by atoms with van der Waals surface area (Å²) < 4.78 is 53.6. The van der Waals surface area contributed by atoms with Crippen molar-refractivity contribution in [2.45, 2.75) is 47.8 Å². The Labute approximate surface area is 137 Å². The average Bonchev–Trinajstić information content (AvgIpc) is 3.13. The predicted molar refractivity (Wildman–Crippen MR) is 79.1 cm³/mol. The van der Waals surface area contributed by atoms with Crippen molar-refractivity contribution in [3.05, 3.63) is 41.5 Å². The van der Waals surface area contributed by atoms with Gasteiger partial charge in [-0.3, -0.25) is 0 Å². The van der Waals surface area contributed by atoms with E-state index < -0.39 is 15.9 Å². The fraction of sp³-hybridized carbons (Fsp3) is 0.467. The maximum atomic E-state index is 12.9. The Morgan fingerprint density at radius 3 is 2.42 bits per heavy atom. The second kappa shape index (κ2) is 5.06. The van der Waals surface area contributed by atoms with Gasteiger partial charge in [-0.05, 0) is 30.0 Å². The van der Waals surface area contributed by atoms with Crippen LogP contribution >= 0.6 is 0 Å². The van der Waals surface area contributed by atoms with Crippen molar-refractivity contribution < 1.29 is 21.7 Å². The lowest BCUT2D eigenvalue weighted by atomic mass is 9.81. The minimum atomic E-state index is -3.70. The molecule has 24 heavy (non-hydrogen) atoms. The fourth-order valence-corrected chi connectivity index (χ4v) is 3.66. The van der Waals surface area contributed by atoms with Crippen LogP contribution in [0.25, 0.3) is 0 Å². The summed E-state index contributed by atoms with van der Waals surface area (Å²) in [7, 11) is -3.70. The van der Waals surface area contributed by atoms with E-state index in [1.54, 1.807) is 12.1 Å². The molecule has 0 aliphatic heterocycles. The van der Waals surface area contributed by atoms with E-state index in [0.29, 0.717) is 11.7 Å². The van der Waals surface area contributed by atoms with Crippen molar-refractivity contribution in [1.82, 2.24) is 10.1 Å². The zero-order valence-electron chi connectivity index (χ0n) is 12.5. The molecule has 4 rings (SSSR count). The molecule has 128 valence electrons. The Bertz CT molecular complexity index is 872. The van der Waals surface area contributed by atoms with Crippen LogP contribution in [-0.4, -0.2) is 24.5 Å². The monoisotopic (exact) mass is 355 g/mol. The van der Waals surface area contributed by atoms with Gasteiger partial charge in [0.2, 0.25) is 21.8 Å². The molecule has 0 amide bonds. The van der Waals surface area contributed by atoms with Gasteiger partial charge in [-0.25, -0.2) is 22.3 Å².